The molecule has 1 aliphatic rings. The second kappa shape index (κ2) is 12.1. The van der Waals surface area contributed by atoms with Gasteiger partial charge in [0.2, 0.25) is 21.8 Å². The molecule has 0 bridgehead atoms. The van der Waals surface area contributed by atoms with Crippen LogP contribution in [-0.2, 0) is 37.3 Å². The molecule has 3 rings (SSSR count). The Morgan fingerprint density at radius 1 is 1.06 bits per heavy atom. The number of carbonyl (C=O) groups excluding carboxylic acids is 2. The normalized spacial score (nSPS) is 14.4. The molecule has 0 aliphatic heterocycles. The van der Waals surface area contributed by atoms with E-state index in [1.54, 1.807) is 43.2 Å². The number of hydrogen-bond acceptors (Lipinski definition) is 5. The van der Waals surface area contributed by atoms with Crippen molar-refractivity contribution in [3.05, 3.63) is 65.7 Å². The lowest BCUT2D eigenvalue weighted by Gasteiger charge is -2.29. The predicted octanol–water partition coefficient (Wildman–Crippen LogP) is 2.24. The van der Waals surface area contributed by atoms with Gasteiger partial charge in [0.25, 0.3) is 0 Å². The van der Waals surface area contributed by atoms with Crippen molar-refractivity contribution in [1.29, 1.82) is 0 Å². The zero-order chi connectivity index (χ0) is 24.6. The standard InChI is InChI=1S/C25H33N3O5S/c1-19(25(30)26-16-17-33-2)28(18-21-6-4-3-5-7-21)24(29)15-10-20-8-13-23(14-9-20)34(31,32)27-22-11-12-22/h3-9,13-14,19,22,27H,10-12,15-18H2,1-2H3,(H,26,30)/t19-/m0/s1. The lowest BCUT2D eigenvalue weighted by molar-refractivity contribution is -0.140. The minimum Gasteiger partial charge on any atom is -0.383 e. The highest BCUT2D eigenvalue weighted by molar-refractivity contribution is 7.89. The molecule has 2 N–H and O–H groups in total. The van der Waals surface area contributed by atoms with Crippen molar-refractivity contribution in [3.63, 3.8) is 0 Å². The van der Waals surface area contributed by atoms with Crippen LogP contribution in [0.5, 0.6) is 0 Å². The van der Waals surface area contributed by atoms with E-state index in [0.29, 0.717) is 26.1 Å². The molecule has 0 heterocycles. The Kier molecular flexibility index (Phi) is 9.20. The molecule has 1 fully saturated rings. The van der Waals surface area contributed by atoms with E-state index in [0.717, 1.165) is 24.0 Å². The number of amides is 2. The number of methoxy groups -OCH3 is 1. The van der Waals surface area contributed by atoms with Crippen molar-refractivity contribution in [2.75, 3.05) is 20.3 Å². The van der Waals surface area contributed by atoms with Crippen LogP contribution in [-0.4, -0.2) is 57.5 Å². The van der Waals surface area contributed by atoms with E-state index >= 15 is 0 Å². The molecule has 0 radical (unpaired) electrons. The van der Waals surface area contributed by atoms with Crippen LogP contribution in [0.2, 0.25) is 0 Å². The highest BCUT2D eigenvalue weighted by Gasteiger charge is 2.28. The molecule has 2 amide bonds. The smallest absolute Gasteiger partial charge is 0.242 e. The summed E-state index contributed by atoms with van der Waals surface area (Å²) in [6.07, 6.45) is 2.40. The summed E-state index contributed by atoms with van der Waals surface area (Å²) >= 11 is 0. The maximum atomic E-state index is 13.2. The minimum absolute atomic E-state index is 0.0478. The van der Waals surface area contributed by atoms with Gasteiger partial charge in [-0.05, 0) is 49.4 Å². The lowest BCUT2D eigenvalue weighted by atomic mass is 10.1. The van der Waals surface area contributed by atoms with Gasteiger partial charge in [-0.25, -0.2) is 13.1 Å². The van der Waals surface area contributed by atoms with Crippen molar-refractivity contribution in [3.8, 4) is 0 Å². The van der Waals surface area contributed by atoms with Gasteiger partial charge in [-0.2, -0.15) is 0 Å². The molecular formula is C25H33N3O5S. The Labute approximate surface area is 201 Å². The monoisotopic (exact) mass is 487 g/mol. The average Bonchev–Trinajstić information content (AvgIpc) is 3.65. The zero-order valence-electron chi connectivity index (χ0n) is 19.7. The van der Waals surface area contributed by atoms with Crippen LogP contribution in [0, 0.1) is 0 Å². The van der Waals surface area contributed by atoms with Crippen LogP contribution >= 0.6 is 0 Å². The minimum atomic E-state index is -3.50. The van der Waals surface area contributed by atoms with Crippen molar-refractivity contribution >= 4 is 21.8 Å². The zero-order valence-corrected chi connectivity index (χ0v) is 20.5. The Morgan fingerprint density at radius 3 is 2.35 bits per heavy atom. The van der Waals surface area contributed by atoms with Crippen LogP contribution in [0.3, 0.4) is 0 Å². The van der Waals surface area contributed by atoms with Gasteiger partial charge in [0.15, 0.2) is 0 Å². The number of aryl methyl sites for hydroxylation is 1. The fourth-order valence-electron chi connectivity index (χ4n) is 3.51. The van der Waals surface area contributed by atoms with Gasteiger partial charge in [0, 0.05) is 32.7 Å². The molecule has 1 atom stereocenters. The molecule has 1 saturated carbocycles. The summed E-state index contributed by atoms with van der Waals surface area (Å²) in [6, 6.07) is 15.5. The molecule has 0 spiro atoms. The first-order chi connectivity index (χ1) is 16.3. The molecule has 2 aromatic rings. The maximum absolute atomic E-state index is 13.2. The second-order valence-electron chi connectivity index (χ2n) is 8.51. The second-order valence-corrected chi connectivity index (χ2v) is 10.2. The fourth-order valence-corrected chi connectivity index (χ4v) is 4.81. The van der Waals surface area contributed by atoms with Crippen LogP contribution in [0.1, 0.15) is 37.3 Å². The molecule has 2 aromatic carbocycles. The molecule has 0 aromatic heterocycles. The van der Waals surface area contributed by atoms with Crippen molar-refractivity contribution in [2.45, 2.75) is 56.1 Å². The summed E-state index contributed by atoms with van der Waals surface area (Å²) < 4.78 is 32.3. The largest absolute Gasteiger partial charge is 0.383 e. The highest BCUT2D eigenvalue weighted by atomic mass is 32.2. The summed E-state index contributed by atoms with van der Waals surface area (Å²) in [5, 5.41) is 2.80. The molecule has 184 valence electrons. The topological polar surface area (TPSA) is 105 Å². The summed E-state index contributed by atoms with van der Waals surface area (Å²) in [4.78, 5) is 27.6. The van der Waals surface area contributed by atoms with Crippen LogP contribution in [0.25, 0.3) is 0 Å². The molecule has 34 heavy (non-hydrogen) atoms. The number of ether oxygens (including phenoxy) is 1. The van der Waals surface area contributed by atoms with Crippen LogP contribution < -0.4 is 10.0 Å². The predicted molar refractivity (Wildman–Crippen MR) is 129 cm³/mol. The Hall–Kier alpha value is -2.75. The summed E-state index contributed by atoms with van der Waals surface area (Å²) in [7, 11) is -1.94. The van der Waals surface area contributed by atoms with Gasteiger partial charge in [-0.1, -0.05) is 42.5 Å². The van der Waals surface area contributed by atoms with Gasteiger partial charge < -0.3 is 15.0 Å². The van der Waals surface area contributed by atoms with E-state index in [1.807, 2.05) is 30.3 Å². The van der Waals surface area contributed by atoms with Crippen LogP contribution in [0.15, 0.2) is 59.5 Å². The first-order valence-corrected chi connectivity index (χ1v) is 13.0. The van der Waals surface area contributed by atoms with E-state index in [4.69, 9.17) is 4.74 Å². The van der Waals surface area contributed by atoms with Gasteiger partial charge in [0.05, 0.1) is 11.5 Å². The lowest BCUT2D eigenvalue weighted by Crippen LogP contribution is -2.48. The molecule has 0 unspecified atom stereocenters. The van der Waals surface area contributed by atoms with Gasteiger partial charge in [-0.3, -0.25) is 9.59 Å². The summed E-state index contributed by atoms with van der Waals surface area (Å²) in [5.74, 6) is -0.385. The van der Waals surface area contributed by atoms with E-state index < -0.39 is 16.1 Å². The molecule has 1 aliphatic carbocycles. The number of rotatable bonds is 13. The SMILES string of the molecule is COCCNC(=O)[C@H](C)N(Cc1ccccc1)C(=O)CCc1ccc(S(=O)(=O)NC2CC2)cc1. The van der Waals surface area contributed by atoms with E-state index in [-0.39, 0.29) is 29.2 Å². The molecule has 9 heteroatoms. The first kappa shape index (κ1) is 25.9. The molecule has 0 saturated heterocycles. The van der Waals surface area contributed by atoms with Crippen molar-refractivity contribution in [1.82, 2.24) is 14.9 Å². The number of carbonyl (C=O) groups is 2. The third-order valence-electron chi connectivity index (χ3n) is 5.73. The third kappa shape index (κ3) is 7.65. The highest BCUT2D eigenvalue weighted by Crippen LogP contribution is 2.22. The number of benzene rings is 2. The van der Waals surface area contributed by atoms with Gasteiger partial charge >= 0.3 is 0 Å². The van der Waals surface area contributed by atoms with Crippen molar-refractivity contribution < 1.29 is 22.7 Å². The summed E-state index contributed by atoms with van der Waals surface area (Å²) in [5.41, 5.74) is 1.79. The number of sulfonamides is 1. The van der Waals surface area contributed by atoms with Gasteiger partial charge in [0.1, 0.15) is 6.04 Å². The van der Waals surface area contributed by atoms with Crippen LogP contribution in [0.4, 0.5) is 0 Å². The Bertz CT molecular complexity index is 1050. The molecule has 8 nitrogen and oxygen atoms in total. The summed E-state index contributed by atoms with van der Waals surface area (Å²) in [6.45, 7) is 2.81. The van der Waals surface area contributed by atoms with E-state index in [1.165, 1.54) is 0 Å². The number of hydrogen-bond donors (Lipinski definition) is 2. The third-order valence-corrected chi connectivity index (χ3v) is 7.27. The Balaban J connectivity index is 1.64. The fraction of sp³-hybridized carbons (Fsp3) is 0.440. The van der Waals surface area contributed by atoms with Crippen molar-refractivity contribution in [2.24, 2.45) is 0 Å². The Morgan fingerprint density at radius 2 is 1.74 bits per heavy atom. The number of nitrogens with one attached hydrogen (secondary N) is 2. The number of nitrogens with zero attached hydrogens (tertiary/aromatic N) is 1. The quantitative estimate of drug-likeness (QED) is 0.422. The van der Waals surface area contributed by atoms with E-state index in [2.05, 4.69) is 10.0 Å². The van der Waals surface area contributed by atoms with Gasteiger partial charge in [-0.15, -0.1) is 0 Å². The maximum Gasteiger partial charge on any atom is 0.242 e. The average molecular weight is 488 g/mol. The van der Waals surface area contributed by atoms with E-state index in [9.17, 15) is 18.0 Å². The first-order valence-electron chi connectivity index (χ1n) is 11.5. The molecular weight excluding hydrogens is 454 g/mol.